The summed E-state index contributed by atoms with van der Waals surface area (Å²) in [5, 5.41) is 10.1. The smallest absolute Gasteiger partial charge is 0.390 e. The Balaban J connectivity index is 1.70. The molecule has 0 amide bonds. The first kappa shape index (κ1) is 25.5. The van der Waals surface area contributed by atoms with E-state index < -0.39 is 48.5 Å². The predicted octanol–water partition coefficient (Wildman–Crippen LogP) is 0.803. The number of rotatable bonds is 9. The molecule has 3 rings (SSSR count). The fourth-order valence-corrected chi connectivity index (χ4v) is 6.04. The topological polar surface area (TPSA) is 245 Å². The van der Waals surface area contributed by atoms with Gasteiger partial charge in [0.2, 0.25) is 5.28 Å². The average Bonchev–Trinajstić information content (AvgIpc) is 3.15. The van der Waals surface area contributed by atoms with Gasteiger partial charge in [0, 0.05) is 6.42 Å². The monoisotopic (exact) mass is 537 g/mol. The van der Waals surface area contributed by atoms with Crippen LogP contribution in [0.3, 0.4) is 0 Å². The van der Waals surface area contributed by atoms with Crippen molar-refractivity contribution in [2.24, 2.45) is 4.99 Å². The predicted molar refractivity (Wildman–Crippen MR) is 104 cm³/mol. The lowest BCUT2D eigenvalue weighted by Crippen LogP contribution is -2.26. The maximum Gasteiger partial charge on any atom is 0.490 e. The summed E-state index contributed by atoms with van der Waals surface area (Å²) in [6, 6.07) is 0. The maximum atomic E-state index is 11.8. The zero-order valence-corrected chi connectivity index (χ0v) is 18.9. The van der Waals surface area contributed by atoms with Crippen LogP contribution in [0.1, 0.15) is 12.6 Å². The van der Waals surface area contributed by atoms with Crippen molar-refractivity contribution >= 4 is 58.8 Å². The number of imidazole rings is 1. The van der Waals surface area contributed by atoms with Crippen molar-refractivity contribution in [3.05, 3.63) is 11.6 Å². The van der Waals surface area contributed by atoms with Crippen LogP contribution < -0.4 is 0 Å². The second kappa shape index (κ2) is 9.24. The van der Waals surface area contributed by atoms with Crippen molar-refractivity contribution in [2.45, 2.75) is 24.9 Å². The number of fused-ring (bicyclic) bond motifs is 1. The van der Waals surface area contributed by atoms with E-state index in [1.165, 1.54) is 10.9 Å². The van der Waals surface area contributed by atoms with Crippen LogP contribution in [0.15, 0.2) is 11.3 Å². The van der Waals surface area contributed by atoms with Crippen molar-refractivity contribution in [2.75, 3.05) is 6.61 Å². The van der Waals surface area contributed by atoms with Crippen molar-refractivity contribution in [3.8, 4) is 0 Å². The Hall–Kier alpha value is -1.16. The molecule has 0 radical (unpaired) electrons. The third-order valence-electron chi connectivity index (χ3n) is 3.87. The first-order valence-corrected chi connectivity index (χ1v) is 13.1. The molecule has 2 aromatic heterocycles. The zero-order chi connectivity index (χ0) is 23.9. The van der Waals surface area contributed by atoms with Crippen LogP contribution in [0.5, 0.6) is 0 Å². The van der Waals surface area contributed by atoms with Crippen molar-refractivity contribution < 1.29 is 56.3 Å². The minimum Gasteiger partial charge on any atom is -0.390 e. The summed E-state index contributed by atoms with van der Waals surface area (Å²) in [7, 11) is -16.6. The second-order valence-corrected chi connectivity index (χ2v) is 10.9. The van der Waals surface area contributed by atoms with E-state index in [1.807, 2.05) is 0 Å². The molecule has 178 valence electrons. The summed E-state index contributed by atoms with van der Waals surface area (Å²) in [5.41, 5.74) is 0.417. The summed E-state index contributed by atoms with van der Waals surface area (Å²) in [6.45, 7) is 2.53. The first-order chi connectivity index (χ1) is 14.7. The lowest BCUT2D eigenvalue weighted by molar-refractivity contribution is -0.0422. The number of halogens is 1. The van der Waals surface area contributed by atoms with E-state index in [0.29, 0.717) is 0 Å². The molecule has 0 spiro atoms. The summed E-state index contributed by atoms with van der Waals surface area (Å²) in [6.07, 6.45) is -2.38. The van der Waals surface area contributed by atoms with Crippen LogP contribution in [0.25, 0.3) is 11.2 Å². The number of nitrogens with zero attached hydrogens (tertiary/aromatic N) is 5. The van der Waals surface area contributed by atoms with Gasteiger partial charge < -0.3 is 29.4 Å². The summed E-state index contributed by atoms with van der Waals surface area (Å²) >= 11 is 6.14. The van der Waals surface area contributed by atoms with Crippen LogP contribution in [-0.4, -0.2) is 69.7 Å². The van der Waals surface area contributed by atoms with Gasteiger partial charge in [-0.15, -0.1) is 0 Å². The highest BCUT2D eigenvalue weighted by molar-refractivity contribution is 7.66. The molecule has 1 aliphatic rings. The summed E-state index contributed by atoms with van der Waals surface area (Å²) in [4.78, 5) is 51.4. The van der Waals surface area contributed by atoms with E-state index in [-0.39, 0.29) is 28.7 Å². The van der Waals surface area contributed by atoms with Gasteiger partial charge >= 0.3 is 23.5 Å². The lowest BCUT2D eigenvalue weighted by Gasteiger charge is -2.19. The van der Waals surface area contributed by atoms with Crippen LogP contribution in [0.4, 0.5) is 5.82 Å². The van der Waals surface area contributed by atoms with Gasteiger partial charge in [-0.2, -0.15) is 8.62 Å². The number of phosphoric acid groups is 3. The van der Waals surface area contributed by atoms with E-state index in [1.54, 1.807) is 0 Å². The molecule has 0 saturated carbocycles. The number of aliphatic hydroxyl groups is 1. The Labute approximate surface area is 183 Å². The lowest BCUT2D eigenvalue weighted by atomic mass is 10.2. The van der Waals surface area contributed by atoms with Crippen LogP contribution in [0.2, 0.25) is 5.28 Å². The number of phosphoric ester groups is 1. The van der Waals surface area contributed by atoms with Gasteiger partial charge in [0.15, 0.2) is 17.0 Å². The number of hydrogen-bond acceptors (Lipinski definition) is 12. The Kier molecular flexibility index (Phi) is 7.35. The molecule has 21 heteroatoms. The molecule has 17 nitrogen and oxygen atoms in total. The molecule has 5 atom stereocenters. The Bertz CT molecular complexity index is 1170. The second-order valence-electron chi connectivity index (χ2n) is 6.10. The molecule has 32 heavy (non-hydrogen) atoms. The molecule has 5 unspecified atom stereocenters. The van der Waals surface area contributed by atoms with Crippen LogP contribution >= 0.6 is 35.1 Å². The Morgan fingerprint density at radius 1 is 1.22 bits per heavy atom. The number of aromatic nitrogens is 4. The van der Waals surface area contributed by atoms with Gasteiger partial charge in [-0.05, 0) is 18.3 Å². The fraction of sp³-hybridized carbons (Fsp3) is 0.455. The van der Waals surface area contributed by atoms with Gasteiger partial charge in [0.05, 0.1) is 12.7 Å². The molecule has 1 saturated heterocycles. The molecule has 1 aliphatic heterocycles. The molecule has 5 N–H and O–H groups in total. The molecular formula is C11H15ClN5O12P3. The standard InChI is InChI=1S/C11H15ClN5O12P3/c1-13-9-8-10(15-4-14-9)17(11(12)16-8)7-2-5(18)6(27-7)3-26-31(22,23)29-32(24,25)28-30(19,20)21/h4-7,18H,1-3H2,(H,22,23)(H,24,25)(H2,19,20,21). The largest absolute Gasteiger partial charge is 0.490 e. The average molecular weight is 538 g/mol. The minimum absolute atomic E-state index is 0.0868. The number of hydrogen-bond donors (Lipinski definition) is 5. The molecule has 2 aromatic rings. The van der Waals surface area contributed by atoms with Crippen molar-refractivity contribution in [3.63, 3.8) is 0 Å². The van der Waals surface area contributed by atoms with Gasteiger partial charge in [-0.3, -0.25) is 9.09 Å². The van der Waals surface area contributed by atoms with Crippen LogP contribution in [0, 0.1) is 0 Å². The molecule has 0 aliphatic carbocycles. The summed E-state index contributed by atoms with van der Waals surface area (Å²) in [5.74, 6) is 0.151. The number of aliphatic imine (C=N–C) groups is 1. The molecule has 0 aromatic carbocycles. The van der Waals surface area contributed by atoms with Crippen LogP contribution in [-0.2, 0) is 31.6 Å². The molecule has 0 bridgehead atoms. The molecular weight excluding hydrogens is 523 g/mol. The Morgan fingerprint density at radius 3 is 2.53 bits per heavy atom. The normalized spacial score (nSPS) is 25.5. The highest BCUT2D eigenvalue weighted by atomic mass is 35.5. The number of ether oxygens (including phenoxy) is 1. The first-order valence-electron chi connectivity index (χ1n) is 8.18. The van der Waals surface area contributed by atoms with Crippen molar-refractivity contribution in [1.29, 1.82) is 0 Å². The van der Waals surface area contributed by atoms with E-state index in [0.717, 1.165) is 0 Å². The quantitative estimate of drug-likeness (QED) is 0.169. The Morgan fingerprint density at radius 2 is 1.91 bits per heavy atom. The van der Waals surface area contributed by atoms with Gasteiger partial charge in [0.25, 0.3) is 0 Å². The molecule has 3 heterocycles. The minimum atomic E-state index is -5.67. The third kappa shape index (κ3) is 6.04. The number of aliphatic hydroxyl groups excluding tert-OH is 1. The van der Waals surface area contributed by atoms with Gasteiger partial charge in [0.1, 0.15) is 18.7 Å². The fourth-order valence-electron chi connectivity index (χ4n) is 2.74. The third-order valence-corrected chi connectivity index (χ3v) is 7.94. The highest BCUT2D eigenvalue weighted by Crippen LogP contribution is 2.66. The van der Waals surface area contributed by atoms with E-state index in [9.17, 15) is 23.7 Å². The zero-order valence-electron chi connectivity index (χ0n) is 15.5. The maximum absolute atomic E-state index is 11.8. The summed E-state index contributed by atoms with van der Waals surface area (Å²) < 4.78 is 52.4. The van der Waals surface area contributed by atoms with Gasteiger partial charge in [-0.1, -0.05) is 0 Å². The van der Waals surface area contributed by atoms with Crippen molar-refractivity contribution in [1.82, 2.24) is 19.5 Å². The van der Waals surface area contributed by atoms with Gasteiger partial charge in [-0.25, -0.2) is 33.6 Å². The van der Waals surface area contributed by atoms with E-state index in [2.05, 4.69) is 39.8 Å². The highest BCUT2D eigenvalue weighted by Gasteiger charge is 2.43. The van der Waals surface area contributed by atoms with E-state index >= 15 is 0 Å². The SMILES string of the molecule is C=Nc1ncnc2c1nc(Cl)n2C1CC(O)C(COP(=O)(O)OP(=O)(O)OP(=O)(O)O)O1. The molecule has 1 fully saturated rings. The van der Waals surface area contributed by atoms with E-state index in [4.69, 9.17) is 31.0 Å².